The molecule has 1 saturated heterocycles. The Morgan fingerprint density at radius 3 is 2.84 bits per heavy atom. The van der Waals surface area contributed by atoms with Gasteiger partial charge in [-0.25, -0.2) is 9.18 Å². The van der Waals surface area contributed by atoms with Crippen LogP contribution in [0.5, 0.6) is 0 Å². The van der Waals surface area contributed by atoms with Crippen LogP contribution in [0.15, 0.2) is 48.5 Å². The first-order valence-electron chi connectivity index (χ1n) is 8.34. The molecule has 4 rings (SSSR count). The van der Waals surface area contributed by atoms with Crippen LogP contribution in [-0.2, 0) is 11.2 Å². The molecule has 0 bridgehead atoms. The summed E-state index contributed by atoms with van der Waals surface area (Å²) >= 11 is 0. The molecule has 1 fully saturated rings. The minimum absolute atomic E-state index is 0.113. The highest BCUT2D eigenvalue weighted by Gasteiger charge is 2.33. The molecule has 2 aliphatic heterocycles. The summed E-state index contributed by atoms with van der Waals surface area (Å²) in [5, 5.41) is 2.94. The minimum atomic E-state index is -0.383. The Morgan fingerprint density at radius 2 is 2.00 bits per heavy atom. The number of hydrogen-bond donors (Lipinski definition) is 1. The Bertz CT molecular complexity index is 839. The molecule has 2 aromatic carbocycles. The van der Waals surface area contributed by atoms with Crippen molar-refractivity contribution in [2.45, 2.75) is 18.9 Å². The van der Waals surface area contributed by atoms with Gasteiger partial charge in [0.2, 0.25) is 5.91 Å². The lowest BCUT2D eigenvalue weighted by atomic mass is 10.2. The number of nitrogens with one attached hydrogen (secondary N) is 1. The number of fused-ring (bicyclic) bond motifs is 1. The predicted octanol–water partition coefficient (Wildman–Crippen LogP) is 2.70. The second-order valence-electron chi connectivity index (χ2n) is 6.37. The molecule has 1 atom stereocenters. The van der Waals surface area contributed by atoms with Gasteiger partial charge in [0.1, 0.15) is 5.82 Å². The SMILES string of the molecule is O=C1C[C@@H](NC(=O)N2CCc3ccccc32)CN1c1cccc(F)c1. The summed E-state index contributed by atoms with van der Waals surface area (Å²) in [6, 6.07) is 13.3. The first kappa shape index (κ1) is 15.6. The van der Waals surface area contributed by atoms with E-state index in [4.69, 9.17) is 0 Å². The Morgan fingerprint density at radius 1 is 1.16 bits per heavy atom. The van der Waals surface area contributed by atoms with E-state index in [1.807, 2.05) is 24.3 Å². The molecule has 0 radical (unpaired) electrons. The third-order valence-electron chi connectivity index (χ3n) is 4.70. The van der Waals surface area contributed by atoms with Gasteiger partial charge in [-0.2, -0.15) is 0 Å². The fourth-order valence-corrected chi connectivity index (χ4v) is 3.50. The number of amides is 3. The molecule has 5 nitrogen and oxygen atoms in total. The molecule has 0 saturated carbocycles. The van der Waals surface area contributed by atoms with E-state index in [9.17, 15) is 14.0 Å². The summed E-state index contributed by atoms with van der Waals surface area (Å²) in [7, 11) is 0. The van der Waals surface area contributed by atoms with Crippen LogP contribution < -0.4 is 15.1 Å². The number of carbonyl (C=O) groups excluding carboxylic acids is 2. The molecular formula is C19H18FN3O2. The first-order valence-corrected chi connectivity index (χ1v) is 8.34. The molecule has 128 valence electrons. The summed E-state index contributed by atoms with van der Waals surface area (Å²) < 4.78 is 13.4. The van der Waals surface area contributed by atoms with Gasteiger partial charge in [-0.1, -0.05) is 24.3 Å². The van der Waals surface area contributed by atoms with E-state index >= 15 is 0 Å². The number of nitrogens with zero attached hydrogens (tertiary/aromatic N) is 2. The monoisotopic (exact) mass is 339 g/mol. The number of hydrogen-bond acceptors (Lipinski definition) is 2. The number of rotatable bonds is 2. The van der Waals surface area contributed by atoms with Crippen molar-refractivity contribution in [3.05, 3.63) is 59.9 Å². The average Bonchev–Trinajstić information content (AvgIpc) is 3.18. The summed E-state index contributed by atoms with van der Waals surface area (Å²) in [6.07, 6.45) is 1.06. The van der Waals surface area contributed by atoms with Gasteiger partial charge in [-0.3, -0.25) is 9.69 Å². The molecule has 0 aromatic heterocycles. The highest BCUT2D eigenvalue weighted by atomic mass is 19.1. The van der Waals surface area contributed by atoms with Crippen LogP contribution >= 0.6 is 0 Å². The molecule has 1 N–H and O–H groups in total. The molecule has 0 aliphatic carbocycles. The van der Waals surface area contributed by atoms with Gasteiger partial charge in [0.15, 0.2) is 0 Å². The zero-order valence-corrected chi connectivity index (χ0v) is 13.6. The van der Waals surface area contributed by atoms with Crippen molar-refractivity contribution < 1.29 is 14.0 Å². The van der Waals surface area contributed by atoms with Gasteiger partial charge in [-0.15, -0.1) is 0 Å². The lowest BCUT2D eigenvalue weighted by Gasteiger charge is -2.21. The Kier molecular flexibility index (Phi) is 3.87. The fraction of sp³-hybridized carbons (Fsp3) is 0.263. The van der Waals surface area contributed by atoms with Crippen LogP contribution in [0.4, 0.5) is 20.6 Å². The highest BCUT2D eigenvalue weighted by Crippen LogP contribution is 2.28. The summed E-state index contributed by atoms with van der Waals surface area (Å²) in [5.74, 6) is -0.496. The maximum Gasteiger partial charge on any atom is 0.322 e. The van der Waals surface area contributed by atoms with Crippen molar-refractivity contribution in [2.75, 3.05) is 22.9 Å². The van der Waals surface area contributed by atoms with Crippen molar-refractivity contribution in [3.8, 4) is 0 Å². The van der Waals surface area contributed by atoms with E-state index in [-0.39, 0.29) is 30.2 Å². The molecule has 2 aliphatic rings. The second kappa shape index (κ2) is 6.20. The van der Waals surface area contributed by atoms with E-state index in [1.54, 1.807) is 17.0 Å². The summed E-state index contributed by atoms with van der Waals surface area (Å²) in [4.78, 5) is 28.1. The van der Waals surface area contributed by atoms with Crippen LogP contribution in [0.3, 0.4) is 0 Å². The number of para-hydroxylation sites is 1. The molecule has 0 unspecified atom stereocenters. The topological polar surface area (TPSA) is 52.7 Å². The zero-order chi connectivity index (χ0) is 17.4. The molecule has 6 heteroatoms. The predicted molar refractivity (Wildman–Crippen MR) is 93.2 cm³/mol. The number of halogens is 1. The average molecular weight is 339 g/mol. The quantitative estimate of drug-likeness (QED) is 0.915. The van der Waals surface area contributed by atoms with Crippen molar-refractivity contribution in [1.82, 2.24) is 5.32 Å². The normalized spacial score (nSPS) is 19.2. The number of urea groups is 1. The number of carbonyl (C=O) groups is 2. The lowest BCUT2D eigenvalue weighted by Crippen LogP contribution is -2.45. The smallest absolute Gasteiger partial charge is 0.322 e. The maximum atomic E-state index is 13.4. The van der Waals surface area contributed by atoms with Gasteiger partial charge < -0.3 is 10.2 Å². The zero-order valence-electron chi connectivity index (χ0n) is 13.6. The molecular weight excluding hydrogens is 321 g/mol. The van der Waals surface area contributed by atoms with Crippen molar-refractivity contribution in [1.29, 1.82) is 0 Å². The first-order chi connectivity index (χ1) is 12.1. The highest BCUT2D eigenvalue weighted by molar-refractivity contribution is 5.98. The maximum absolute atomic E-state index is 13.4. The van der Waals surface area contributed by atoms with E-state index < -0.39 is 0 Å². The summed E-state index contributed by atoms with van der Waals surface area (Å²) in [6.45, 7) is 0.989. The van der Waals surface area contributed by atoms with E-state index in [0.717, 1.165) is 17.7 Å². The lowest BCUT2D eigenvalue weighted by molar-refractivity contribution is -0.117. The number of benzene rings is 2. The summed E-state index contributed by atoms with van der Waals surface area (Å²) in [5.41, 5.74) is 2.60. The van der Waals surface area contributed by atoms with Gasteiger partial charge >= 0.3 is 6.03 Å². The Hall–Kier alpha value is -2.89. The van der Waals surface area contributed by atoms with Gasteiger partial charge in [-0.05, 0) is 36.2 Å². The van der Waals surface area contributed by atoms with Crippen LogP contribution in [0, 0.1) is 5.82 Å². The van der Waals surface area contributed by atoms with E-state index in [2.05, 4.69) is 5.32 Å². The van der Waals surface area contributed by atoms with Crippen molar-refractivity contribution >= 4 is 23.3 Å². The third kappa shape index (κ3) is 2.95. The second-order valence-corrected chi connectivity index (χ2v) is 6.37. The third-order valence-corrected chi connectivity index (χ3v) is 4.70. The largest absolute Gasteiger partial charge is 0.333 e. The van der Waals surface area contributed by atoms with Gasteiger partial charge in [0.05, 0.1) is 6.04 Å². The minimum Gasteiger partial charge on any atom is -0.333 e. The molecule has 3 amide bonds. The Labute approximate surface area is 145 Å². The molecule has 2 heterocycles. The number of anilines is 2. The fourth-order valence-electron chi connectivity index (χ4n) is 3.50. The van der Waals surface area contributed by atoms with E-state index in [0.29, 0.717) is 18.8 Å². The van der Waals surface area contributed by atoms with Crippen LogP contribution in [0.25, 0.3) is 0 Å². The van der Waals surface area contributed by atoms with Gasteiger partial charge in [0, 0.05) is 30.9 Å². The van der Waals surface area contributed by atoms with Gasteiger partial charge in [0.25, 0.3) is 0 Å². The van der Waals surface area contributed by atoms with Crippen molar-refractivity contribution in [2.24, 2.45) is 0 Å². The molecule has 0 spiro atoms. The van der Waals surface area contributed by atoms with Crippen LogP contribution in [-0.4, -0.2) is 31.1 Å². The van der Waals surface area contributed by atoms with Crippen LogP contribution in [0.2, 0.25) is 0 Å². The molecule has 2 aromatic rings. The van der Waals surface area contributed by atoms with E-state index in [1.165, 1.54) is 17.0 Å². The Balaban J connectivity index is 1.44. The standard InChI is InChI=1S/C19H18FN3O2/c20-14-5-3-6-16(10-14)23-12-15(11-18(23)24)21-19(25)22-9-8-13-4-1-2-7-17(13)22/h1-7,10,15H,8-9,11-12H2,(H,21,25)/t15-/m1/s1. The van der Waals surface area contributed by atoms with Crippen LogP contribution in [0.1, 0.15) is 12.0 Å². The molecule has 25 heavy (non-hydrogen) atoms. The van der Waals surface area contributed by atoms with Crippen molar-refractivity contribution in [3.63, 3.8) is 0 Å².